The minimum absolute atomic E-state index is 0.0731. The smallest absolute Gasteiger partial charge is 0.255 e. The van der Waals surface area contributed by atoms with Gasteiger partial charge in [-0.05, 0) is 59.4 Å². The van der Waals surface area contributed by atoms with Crippen molar-refractivity contribution in [3.63, 3.8) is 0 Å². The minimum atomic E-state index is -1.35. The molecule has 0 spiro atoms. The van der Waals surface area contributed by atoms with Gasteiger partial charge in [-0.15, -0.1) is 0 Å². The van der Waals surface area contributed by atoms with Gasteiger partial charge in [0.25, 0.3) is 5.91 Å². The van der Waals surface area contributed by atoms with E-state index in [1.54, 1.807) is 12.2 Å². The quantitative estimate of drug-likeness (QED) is 0.219. The molecular weight excluding hydrogens is 558 g/mol. The first-order valence-corrected chi connectivity index (χ1v) is 15.1. The van der Waals surface area contributed by atoms with Crippen LogP contribution in [0.4, 0.5) is 0 Å². The van der Waals surface area contributed by atoms with Crippen LogP contribution >= 0.6 is 0 Å². The average molecular weight is 602 g/mol. The summed E-state index contributed by atoms with van der Waals surface area (Å²) in [6.07, 6.45) is 6.97. The van der Waals surface area contributed by atoms with Crippen molar-refractivity contribution in [2.45, 2.75) is 64.5 Å². The maximum absolute atomic E-state index is 13.8. The van der Waals surface area contributed by atoms with Crippen LogP contribution in [-0.4, -0.2) is 57.5 Å². The Bertz CT molecular complexity index is 1540. The molecule has 8 N–H and O–H groups in total. The van der Waals surface area contributed by atoms with Crippen molar-refractivity contribution in [3.8, 4) is 0 Å². The molecule has 9 nitrogen and oxygen atoms in total. The van der Waals surface area contributed by atoms with Gasteiger partial charge < -0.3 is 32.1 Å². The van der Waals surface area contributed by atoms with Crippen molar-refractivity contribution < 1.29 is 29.7 Å². The third kappa shape index (κ3) is 6.26. The number of amides is 1. The molecule has 4 rings (SSSR count). The van der Waals surface area contributed by atoms with Crippen LogP contribution in [0.5, 0.6) is 0 Å². The molecule has 3 aliphatic carbocycles. The molecule has 0 radical (unpaired) electrons. The van der Waals surface area contributed by atoms with Crippen LogP contribution < -0.4 is 16.8 Å². The number of carbonyl (C=O) groups is 3. The first kappa shape index (κ1) is 32.9. The summed E-state index contributed by atoms with van der Waals surface area (Å²) in [5, 5.41) is 35.4. The van der Waals surface area contributed by atoms with Crippen molar-refractivity contribution in [2.75, 3.05) is 13.2 Å². The maximum atomic E-state index is 13.8. The highest BCUT2D eigenvalue weighted by Gasteiger charge is 2.56. The average Bonchev–Trinajstić information content (AvgIpc) is 2.95. The number of aliphatic hydroxyl groups excluding tert-OH is 3. The standard InChI is InChI=1S/C35H43N3O6/c1-5-9-23(18-38-19(2)3)25-12-7-6-10-21(25)14-22(11-8-13-39)26-17-35(37)16-24-15-27(40)29(34(36)44)32(42)28(24)33(43)30(35)31(41)20(26)4/h6-12,19,24,28,38-39,41-42H,4-5,13-18,37H2,1-3H3,(H2,36,44)/b11-8-,23-9-,26-22+/t24-,28?,35+/m1/s1. The summed E-state index contributed by atoms with van der Waals surface area (Å²) in [7, 11) is 0. The fourth-order valence-electron chi connectivity index (χ4n) is 6.77. The van der Waals surface area contributed by atoms with E-state index in [-0.39, 0.29) is 42.8 Å². The van der Waals surface area contributed by atoms with Crippen LogP contribution in [0, 0.1) is 11.8 Å². The number of hydrogen-bond acceptors (Lipinski definition) is 8. The highest BCUT2D eigenvalue weighted by molar-refractivity contribution is 6.21. The Kier molecular flexibility index (Phi) is 9.93. The van der Waals surface area contributed by atoms with E-state index in [9.17, 15) is 29.7 Å². The molecule has 0 aliphatic heterocycles. The summed E-state index contributed by atoms with van der Waals surface area (Å²) in [6.45, 7) is 10.9. The monoisotopic (exact) mass is 601 g/mol. The Morgan fingerprint density at radius 2 is 1.93 bits per heavy atom. The topological polar surface area (TPSA) is 176 Å². The molecule has 1 amide bonds. The van der Waals surface area contributed by atoms with Crippen LogP contribution in [0.3, 0.4) is 0 Å². The van der Waals surface area contributed by atoms with Crippen molar-refractivity contribution >= 4 is 23.0 Å². The highest BCUT2D eigenvalue weighted by atomic mass is 16.3. The molecule has 9 heteroatoms. The molecular formula is C35H43N3O6. The van der Waals surface area contributed by atoms with Gasteiger partial charge in [0, 0.05) is 24.6 Å². The predicted octanol–water partition coefficient (Wildman–Crippen LogP) is 3.81. The number of fused-ring (bicyclic) bond motifs is 2. The van der Waals surface area contributed by atoms with E-state index in [4.69, 9.17) is 11.5 Å². The predicted molar refractivity (Wildman–Crippen MR) is 170 cm³/mol. The largest absolute Gasteiger partial charge is 0.511 e. The molecule has 0 aromatic heterocycles. The van der Waals surface area contributed by atoms with Gasteiger partial charge in [0.05, 0.1) is 23.6 Å². The number of allylic oxidation sites excluding steroid dienone is 5. The van der Waals surface area contributed by atoms with Crippen LogP contribution in [0.1, 0.15) is 57.6 Å². The fraction of sp³-hybridized carbons (Fsp3) is 0.400. The van der Waals surface area contributed by atoms with Crippen molar-refractivity contribution in [1.29, 1.82) is 0 Å². The number of primary amides is 1. The van der Waals surface area contributed by atoms with Gasteiger partial charge in [-0.1, -0.05) is 69.8 Å². The molecule has 0 bridgehead atoms. The van der Waals surface area contributed by atoms with Gasteiger partial charge in [-0.25, -0.2) is 0 Å². The second kappa shape index (κ2) is 13.3. The number of carbonyl (C=O) groups excluding carboxylic acids is 3. The summed E-state index contributed by atoms with van der Waals surface area (Å²) in [4.78, 5) is 38.4. The zero-order valence-electron chi connectivity index (χ0n) is 25.7. The van der Waals surface area contributed by atoms with Gasteiger partial charge in [0.15, 0.2) is 11.6 Å². The Morgan fingerprint density at radius 1 is 1.23 bits per heavy atom. The number of ketones is 2. The van der Waals surface area contributed by atoms with Crippen molar-refractivity contribution in [3.05, 3.63) is 99.6 Å². The fourth-order valence-corrected chi connectivity index (χ4v) is 6.77. The number of Topliss-reactive ketones (excluding diaryl/α,β-unsaturated/α-hetero) is 2. The van der Waals surface area contributed by atoms with Gasteiger partial charge in [-0.3, -0.25) is 14.4 Å². The molecule has 3 atom stereocenters. The molecule has 234 valence electrons. The lowest BCUT2D eigenvalue weighted by Crippen LogP contribution is -2.57. The van der Waals surface area contributed by atoms with Crippen LogP contribution in [-0.2, 0) is 20.8 Å². The van der Waals surface area contributed by atoms with E-state index in [0.29, 0.717) is 24.6 Å². The zero-order valence-corrected chi connectivity index (χ0v) is 25.7. The highest BCUT2D eigenvalue weighted by Crippen LogP contribution is 2.51. The summed E-state index contributed by atoms with van der Waals surface area (Å²) >= 11 is 0. The van der Waals surface area contributed by atoms with E-state index in [0.717, 1.165) is 28.7 Å². The molecule has 1 unspecified atom stereocenters. The minimum Gasteiger partial charge on any atom is -0.511 e. The third-order valence-corrected chi connectivity index (χ3v) is 8.73. The Hall–Kier alpha value is -4.05. The number of rotatable bonds is 10. The first-order valence-electron chi connectivity index (χ1n) is 15.1. The first-order chi connectivity index (χ1) is 20.8. The lowest BCUT2D eigenvalue weighted by atomic mass is 9.58. The van der Waals surface area contributed by atoms with Crippen molar-refractivity contribution in [2.24, 2.45) is 23.3 Å². The molecule has 1 aromatic rings. The van der Waals surface area contributed by atoms with E-state index in [2.05, 4.69) is 44.8 Å². The van der Waals surface area contributed by atoms with Crippen molar-refractivity contribution in [1.82, 2.24) is 5.32 Å². The molecule has 0 heterocycles. The molecule has 1 saturated carbocycles. The van der Waals surface area contributed by atoms with Gasteiger partial charge in [0.1, 0.15) is 17.1 Å². The van der Waals surface area contributed by atoms with Crippen LogP contribution in [0.15, 0.2) is 88.5 Å². The molecule has 3 aliphatic rings. The molecule has 1 fully saturated rings. The number of nitrogens with one attached hydrogen (secondary N) is 1. The summed E-state index contributed by atoms with van der Waals surface area (Å²) in [5.74, 6) is -5.29. The molecule has 0 saturated heterocycles. The third-order valence-electron chi connectivity index (χ3n) is 8.73. The summed E-state index contributed by atoms with van der Waals surface area (Å²) in [6, 6.07) is 8.38. The van der Waals surface area contributed by atoms with Crippen LogP contribution in [0.25, 0.3) is 5.57 Å². The lowest BCUT2D eigenvalue weighted by molar-refractivity contribution is -0.128. The lowest BCUT2D eigenvalue weighted by Gasteiger charge is -2.47. The summed E-state index contributed by atoms with van der Waals surface area (Å²) < 4.78 is 0. The van der Waals surface area contributed by atoms with E-state index in [1.807, 2.05) is 18.2 Å². The number of nitrogens with two attached hydrogens (primary N) is 2. The van der Waals surface area contributed by atoms with E-state index in [1.165, 1.54) is 0 Å². The van der Waals surface area contributed by atoms with E-state index < -0.39 is 46.2 Å². The summed E-state index contributed by atoms with van der Waals surface area (Å²) in [5.41, 5.74) is 15.2. The second-order valence-electron chi connectivity index (χ2n) is 12.2. The Balaban J connectivity index is 1.82. The zero-order chi connectivity index (χ0) is 32.3. The SMILES string of the molecule is C=C1C(O)=C2C(=O)C3C(O)=C(C(N)=O)C(=O)C[C@@H]3C[C@]2(N)C/C1=C(/C=C\CO)Cc1ccccc1/C(=C\CC)CNC(C)C. The number of aliphatic hydroxyl groups is 3. The normalized spacial score (nSPS) is 25.6. The van der Waals surface area contributed by atoms with Gasteiger partial charge in [-0.2, -0.15) is 0 Å². The molecule has 44 heavy (non-hydrogen) atoms. The number of benzene rings is 1. The van der Waals surface area contributed by atoms with Gasteiger partial charge >= 0.3 is 0 Å². The number of hydrogen-bond donors (Lipinski definition) is 6. The molecule has 1 aromatic carbocycles. The van der Waals surface area contributed by atoms with E-state index >= 15 is 0 Å². The van der Waals surface area contributed by atoms with Gasteiger partial charge in [0.2, 0.25) is 0 Å². The Morgan fingerprint density at radius 3 is 2.57 bits per heavy atom. The van der Waals surface area contributed by atoms with Crippen LogP contribution in [0.2, 0.25) is 0 Å². The maximum Gasteiger partial charge on any atom is 0.255 e. The second-order valence-corrected chi connectivity index (χ2v) is 12.2. The Labute approximate surface area is 258 Å².